The van der Waals surface area contributed by atoms with E-state index in [2.05, 4.69) is 0 Å². The summed E-state index contributed by atoms with van der Waals surface area (Å²) in [5.74, 6) is -1.41. The zero-order valence-electron chi connectivity index (χ0n) is 18.0. The highest BCUT2D eigenvalue weighted by atomic mass is 16.7. The van der Waals surface area contributed by atoms with Gasteiger partial charge in [-0.15, -0.1) is 0 Å². The van der Waals surface area contributed by atoms with Crippen molar-refractivity contribution in [2.45, 2.75) is 57.2 Å². The Hall–Kier alpha value is -3.11. The first-order valence-corrected chi connectivity index (χ1v) is 10.2. The number of hydrogen-bond donors (Lipinski definition) is 2. The molecule has 32 heavy (non-hydrogen) atoms. The molecule has 2 N–H and O–H groups in total. The minimum absolute atomic E-state index is 0.0461. The number of phenolic OH excluding ortho intramolecular Hbond substituents is 1. The van der Waals surface area contributed by atoms with Crippen molar-refractivity contribution in [1.82, 2.24) is 0 Å². The summed E-state index contributed by atoms with van der Waals surface area (Å²) in [6.45, 7) is 3.25. The van der Waals surface area contributed by atoms with Gasteiger partial charge in [-0.25, -0.2) is 9.59 Å². The van der Waals surface area contributed by atoms with Gasteiger partial charge in [0.25, 0.3) is 0 Å². The molecule has 0 saturated carbocycles. The predicted molar refractivity (Wildman–Crippen MR) is 108 cm³/mol. The number of hydrogen-bond acceptors (Lipinski definition) is 10. The van der Waals surface area contributed by atoms with E-state index in [-0.39, 0.29) is 30.8 Å². The Morgan fingerprint density at radius 1 is 1.28 bits per heavy atom. The van der Waals surface area contributed by atoms with E-state index in [1.807, 2.05) is 0 Å². The molecule has 10 nitrogen and oxygen atoms in total. The second-order valence-corrected chi connectivity index (χ2v) is 7.49. The van der Waals surface area contributed by atoms with E-state index in [4.69, 9.17) is 23.7 Å². The molecule has 0 unspecified atom stereocenters. The van der Waals surface area contributed by atoms with Crippen molar-refractivity contribution in [3.63, 3.8) is 0 Å². The number of aliphatic hydroxyl groups excluding tert-OH is 1. The number of aromatic hydroxyl groups is 1. The van der Waals surface area contributed by atoms with E-state index in [1.54, 1.807) is 19.9 Å². The van der Waals surface area contributed by atoms with Crippen LogP contribution in [-0.4, -0.2) is 66.3 Å². The Morgan fingerprint density at radius 2 is 2.03 bits per heavy atom. The van der Waals surface area contributed by atoms with Crippen molar-refractivity contribution in [2.75, 3.05) is 13.7 Å². The highest BCUT2D eigenvalue weighted by Gasteiger charge is 2.46. The summed E-state index contributed by atoms with van der Waals surface area (Å²) >= 11 is 0. The molecule has 1 aromatic rings. The Labute approximate surface area is 184 Å². The molecule has 0 bridgehead atoms. The van der Waals surface area contributed by atoms with E-state index in [1.165, 1.54) is 19.3 Å². The minimum atomic E-state index is -1.49. The monoisotopic (exact) mass is 450 g/mol. The quantitative estimate of drug-likeness (QED) is 0.520. The molecule has 1 saturated heterocycles. The number of carbonyl (C=O) groups is 3. The average Bonchev–Trinajstić information content (AvgIpc) is 3.49. The highest BCUT2D eigenvalue weighted by molar-refractivity contribution is 5.96. The summed E-state index contributed by atoms with van der Waals surface area (Å²) in [6.07, 6.45) is -3.14. The smallest absolute Gasteiger partial charge is 0.507 e. The number of benzene rings is 1. The number of cyclic esters (lactones) is 1. The van der Waals surface area contributed by atoms with E-state index in [0.717, 1.165) is 6.08 Å². The lowest BCUT2D eigenvalue weighted by molar-refractivity contribution is -0.130. The van der Waals surface area contributed by atoms with Crippen LogP contribution in [0.3, 0.4) is 0 Å². The molecule has 174 valence electrons. The molecule has 2 aliphatic heterocycles. The molecule has 3 rings (SSSR count). The Bertz CT molecular complexity index is 908. The number of epoxide rings is 1. The SMILES string of the molecule is CCOC(=O)O[C@@H]1C(=O)/C=C\C[C@H](C)OC(=O)c2c(O)cc(OC)cc2[C@H]2O[C@@H]2C[C@@H]1O. The number of aliphatic hydroxyl groups is 1. The summed E-state index contributed by atoms with van der Waals surface area (Å²) in [5.41, 5.74) is 0.272. The van der Waals surface area contributed by atoms with Crippen LogP contribution in [0.4, 0.5) is 4.79 Å². The lowest BCUT2D eigenvalue weighted by atomic mass is 9.96. The van der Waals surface area contributed by atoms with Crippen LogP contribution >= 0.6 is 0 Å². The van der Waals surface area contributed by atoms with Gasteiger partial charge in [0.2, 0.25) is 0 Å². The third-order valence-electron chi connectivity index (χ3n) is 5.10. The maximum atomic E-state index is 12.7. The normalized spacial score (nSPS) is 28.9. The van der Waals surface area contributed by atoms with Crippen LogP contribution in [0.15, 0.2) is 24.3 Å². The molecule has 0 amide bonds. The molecule has 0 aromatic heterocycles. The van der Waals surface area contributed by atoms with E-state index < -0.39 is 48.4 Å². The van der Waals surface area contributed by atoms with Crippen LogP contribution in [0, 0.1) is 0 Å². The van der Waals surface area contributed by atoms with Crippen molar-refractivity contribution < 1.29 is 48.3 Å². The number of fused-ring (bicyclic) bond motifs is 3. The summed E-state index contributed by atoms with van der Waals surface area (Å²) in [6, 6.07) is 2.84. The molecule has 0 spiro atoms. The second kappa shape index (κ2) is 10.0. The first kappa shape index (κ1) is 23.6. The fourth-order valence-corrected chi connectivity index (χ4v) is 3.49. The first-order chi connectivity index (χ1) is 15.2. The van der Waals surface area contributed by atoms with E-state index in [9.17, 15) is 24.6 Å². The molecule has 1 fully saturated rings. The molecule has 2 aliphatic rings. The van der Waals surface area contributed by atoms with Crippen LogP contribution in [0.2, 0.25) is 0 Å². The molecule has 0 radical (unpaired) electrons. The van der Waals surface area contributed by atoms with Crippen LogP contribution in [0.5, 0.6) is 11.5 Å². The van der Waals surface area contributed by atoms with Gasteiger partial charge in [0, 0.05) is 24.5 Å². The molecule has 0 aliphatic carbocycles. The van der Waals surface area contributed by atoms with E-state index >= 15 is 0 Å². The van der Waals surface area contributed by atoms with Gasteiger partial charge in [-0.3, -0.25) is 4.79 Å². The van der Waals surface area contributed by atoms with Gasteiger partial charge in [0.15, 0.2) is 11.9 Å². The molecular formula is C22H26O10. The fraction of sp³-hybridized carbons (Fsp3) is 0.500. The van der Waals surface area contributed by atoms with E-state index in [0.29, 0.717) is 11.3 Å². The molecule has 2 heterocycles. The number of ketones is 1. The number of methoxy groups -OCH3 is 1. The van der Waals surface area contributed by atoms with Gasteiger partial charge in [-0.05, 0) is 26.0 Å². The molecule has 5 atom stereocenters. The zero-order chi connectivity index (χ0) is 23.4. The molecule has 1 aromatic carbocycles. The predicted octanol–water partition coefficient (Wildman–Crippen LogP) is 2.21. The maximum absolute atomic E-state index is 12.7. The molecule has 10 heteroatoms. The van der Waals surface area contributed by atoms with Crippen molar-refractivity contribution in [1.29, 1.82) is 0 Å². The van der Waals surface area contributed by atoms with Gasteiger partial charge >= 0.3 is 12.1 Å². The number of esters is 1. The fourth-order valence-electron chi connectivity index (χ4n) is 3.49. The van der Waals surface area contributed by atoms with Crippen molar-refractivity contribution in [3.8, 4) is 11.5 Å². The van der Waals surface area contributed by atoms with Gasteiger partial charge < -0.3 is 33.9 Å². The number of phenols is 1. The number of rotatable bonds is 3. The van der Waals surface area contributed by atoms with Crippen molar-refractivity contribution in [3.05, 3.63) is 35.4 Å². The van der Waals surface area contributed by atoms with Gasteiger partial charge in [0.05, 0.1) is 19.8 Å². The third kappa shape index (κ3) is 5.38. The summed E-state index contributed by atoms with van der Waals surface area (Å²) < 4.78 is 26.0. The van der Waals surface area contributed by atoms with Gasteiger partial charge in [0.1, 0.15) is 35.4 Å². The average molecular weight is 450 g/mol. The van der Waals surface area contributed by atoms with Crippen LogP contribution in [0.25, 0.3) is 0 Å². The molecular weight excluding hydrogens is 424 g/mol. The topological polar surface area (TPSA) is 141 Å². The van der Waals surface area contributed by atoms with Gasteiger partial charge in [-0.1, -0.05) is 6.08 Å². The standard InChI is InChI=1S/C22H26O10/c1-4-29-22(27)32-20-14(23)7-5-6-11(2)30-21(26)18-13(8-12(28-3)9-15(18)24)19-17(31-19)10-16(20)25/h5,7-9,11,16-17,19-20,24-25H,4,6,10H2,1-3H3/b7-5-/t11-,16-,17+,19+,20+/m0/s1. The lowest BCUT2D eigenvalue weighted by Gasteiger charge is -2.20. The summed E-state index contributed by atoms with van der Waals surface area (Å²) in [5, 5.41) is 21.1. The lowest BCUT2D eigenvalue weighted by Crippen LogP contribution is -2.38. The van der Waals surface area contributed by atoms with Crippen LogP contribution in [0.1, 0.15) is 48.7 Å². The summed E-state index contributed by atoms with van der Waals surface area (Å²) in [4.78, 5) is 37.1. The third-order valence-corrected chi connectivity index (χ3v) is 5.10. The maximum Gasteiger partial charge on any atom is 0.509 e. The van der Waals surface area contributed by atoms with Gasteiger partial charge in [-0.2, -0.15) is 0 Å². The summed E-state index contributed by atoms with van der Waals surface area (Å²) in [7, 11) is 1.41. The number of carbonyl (C=O) groups excluding carboxylic acids is 3. The van der Waals surface area contributed by atoms with Crippen molar-refractivity contribution >= 4 is 17.9 Å². The largest absolute Gasteiger partial charge is 0.509 e. The van der Waals surface area contributed by atoms with Crippen LogP contribution < -0.4 is 4.74 Å². The van der Waals surface area contributed by atoms with Crippen LogP contribution in [-0.2, 0) is 23.7 Å². The number of ether oxygens (including phenoxy) is 5. The Balaban J connectivity index is 1.94. The van der Waals surface area contributed by atoms with Crippen molar-refractivity contribution in [2.24, 2.45) is 0 Å². The highest BCUT2D eigenvalue weighted by Crippen LogP contribution is 2.46. The second-order valence-electron chi connectivity index (χ2n) is 7.49. The Morgan fingerprint density at radius 3 is 2.72 bits per heavy atom. The minimum Gasteiger partial charge on any atom is -0.507 e. The first-order valence-electron chi connectivity index (χ1n) is 10.2. The Kier molecular flexibility index (Phi) is 7.37. The zero-order valence-corrected chi connectivity index (χ0v) is 18.0.